The molecular formula is C11H12N2O3. The zero-order chi connectivity index (χ0) is 11.5. The standard InChI is InChI=1S/C11H12N2O3/c12-11(15)6-9-5-10(13-16-9)7-1-3-8(14)4-2-7/h1-4,9,14H,5-6H2,(H2,12,15). The fourth-order valence-corrected chi connectivity index (χ4v) is 1.59. The predicted octanol–water partition coefficient (Wildman–Crippen LogP) is 0.761. The van der Waals surface area contributed by atoms with Gasteiger partial charge in [-0.25, -0.2) is 0 Å². The summed E-state index contributed by atoms with van der Waals surface area (Å²) in [4.78, 5) is 15.8. The maximum absolute atomic E-state index is 10.7. The zero-order valence-corrected chi connectivity index (χ0v) is 8.59. The average Bonchev–Trinajstić information content (AvgIpc) is 2.66. The molecule has 1 aliphatic heterocycles. The second-order valence-corrected chi connectivity index (χ2v) is 3.69. The Labute approximate surface area is 92.5 Å². The van der Waals surface area contributed by atoms with Gasteiger partial charge in [0.1, 0.15) is 11.9 Å². The lowest BCUT2D eigenvalue weighted by Crippen LogP contribution is -2.20. The number of primary amides is 1. The molecule has 1 amide bonds. The largest absolute Gasteiger partial charge is 0.508 e. The third kappa shape index (κ3) is 2.31. The van der Waals surface area contributed by atoms with Crippen molar-refractivity contribution >= 4 is 11.6 Å². The Balaban J connectivity index is 2.03. The van der Waals surface area contributed by atoms with Crippen LogP contribution in [0.1, 0.15) is 18.4 Å². The van der Waals surface area contributed by atoms with E-state index in [1.165, 1.54) is 0 Å². The fraction of sp³-hybridized carbons (Fsp3) is 0.273. The second kappa shape index (κ2) is 4.22. The third-order valence-electron chi connectivity index (χ3n) is 2.36. The summed E-state index contributed by atoms with van der Waals surface area (Å²) in [5.41, 5.74) is 6.72. The Kier molecular flexibility index (Phi) is 2.76. The van der Waals surface area contributed by atoms with E-state index in [4.69, 9.17) is 15.7 Å². The summed E-state index contributed by atoms with van der Waals surface area (Å²) in [6, 6.07) is 6.67. The molecule has 5 heteroatoms. The quantitative estimate of drug-likeness (QED) is 0.788. The van der Waals surface area contributed by atoms with Crippen LogP contribution in [-0.4, -0.2) is 22.8 Å². The summed E-state index contributed by atoms with van der Waals surface area (Å²) in [5.74, 6) is -0.191. The molecule has 0 saturated carbocycles. The summed E-state index contributed by atoms with van der Waals surface area (Å²) in [5, 5.41) is 13.0. The van der Waals surface area contributed by atoms with Crippen LogP contribution in [0.4, 0.5) is 0 Å². The number of hydrogen-bond donors (Lipinski definition) is 2. The molecule has 0 aliphatic carbocycles. The lowest BCUT2D eigenvalue weighted by Gasteiger charge is -2.03. The summed E-state index contributed by atoms with van der Waals surface area (Å²) >= 11 is 0. The number of hydrogen-bond acceptors (Lipinski definition) is 4. The highest BCUT2D eigenvalue weighted by molar-refractivity contribution is 6.01. The van der Waals surface area contributed by atoms with Gasteiger partial charge in [-0.2, -0.15) is 0 Å². The normalized spacial score (nSPS) is 19.0. The van der Waals surface area contributed by atoms with E-state index in [1.807, 2.05) is 0 Å². The van der Waals surface area contributed by atoms with Crippen LogP contribution in [0, 0.1) is 0 Å². The fourth-order valence-electron chi connectivity index (χ4n) is 1.59. The first kappa shape index (κ1) is 10.5. The van der Waals surface area contributed by atoms with Crippen molar-refractivity contribution < 1.29 is 14.7 Å². The minimum Gasteiger partial charge on any atom is -0.508 e. The van der Waals surface area contributed by atoms with Crippen molar-refractivity contribution in [2.45, 2.75) is 18.9 Å². The molecule has 0 bridgehead atoms. The number of oxime groups is 1. The van der Waals surface area contributed by atoms with E-state index in [0.29, 0.717) is 6.42 Å². The van der Waals surface area contributed by atoms with Crippen LogP contribution in [0.2, 0.25) is 0 Å². The Hall–Kier alpha value is -2.04. The van der Waals surface area contributed by atoms with Crippen LogP contribution in [0.25, 0.3) is 0 Å². The summed E-state index contributed by atoms with van der Waals surface area (Å²) in [6.45, 7) is 0. The van der Waals surface area contributed by atoms with Gasteiger partial charge >= 0.3 is 0 Å². The number of nitrogens with zero attached hydrogens (tertiary/aromatic N) is 1. The van der Waals surface area contributed by atoms with Crippen molar-refractivity contribution in [3.05, 3.63) is 29.8 Å². The first-order chi connectivity index (χ1) is 7.65. The van der Waals surface area contributed by atoms with E-state index in [2.05, 4.69) is 5.16 Å². The minimum atomic E-state index is -0.396. The van der Waals surface area contributed by atoms with Gasteiger partial charge in [-0.1, -0.05) is 5.16 Å². The van der Waals surface area contributed by atoms with Gasteiger partial charge in [0.05, 0.1) is 12.1 Å². The lowest BCUT2D eigenvalue weighted by molar-refractivity contribution is -0.120. The summed E-state index contributed by atoms with van der Waals surface area (Å²) in [7, 11) is 0. The van der Waals surface area contributed by atoms with Crippen molar-refractivity contribution in [2.75, 3.05) is 0 Å². The number of carbonyl (C=O) groups excluding carboxylic acids is 1. The molecule has 3 N–H and O–H groups in total. The van der Waals surface area contributed by atoms with Gasteiger partial charge in [-0.15, -0.1) is 0 Å². The molecule has 84 valence electrons. The topological polar surface area (TPSA) is 84.9 Å². The van der Waals surface area contributed by atoms with Crippen molar-refractivity contribution in [1.29, 1.82) is 0 Å². The molecule has 1 heterocycles. The molecule has 0 fully saturated rings. The van der Waals surface area contributed by atoms with Gasteiger partial charge in [0.2, 0.25) is 5.91 Å². The molecule has 0 aromatic heterocycles. The molecule has 0 saturated heterocycles. The SMILES string of the molecule is NC(=O)CC1CC(c2ccc(O)cc2)=NO1. The highest BCUT2D eigenvalue weighted by Gasteiger charge is 2.23. The van der Waals surface area contributed by atoms with Crippen LogP contribution in [0.5, 0.6) is 5.75 Å². The molecule has 1 aromatic rings. The lowest BCUT2D eigenvalue weighted by atomic mass is 10.0. The zero-order valence-electron chi connectivity index (χ0n) is 8.59. The van der Waals surface area contributed by atoms with E-state index in [-0.39, 0.29) is 18.3 Å². The monoisotopic (exact) mass is 220 g/mol. The molecule has 5 nitrogen and oxygen atoms in total. The van der Waals surface area contributed by atoms with Gasteiger partial charge in [0, 0.05) is 6.42 Å². The Bertz CT molecular complexity index is 425. The number of benzene rings is 1. The molecule has 0 spiro atoms. The van der Waals surface area contributed by atoms with Crippen molar-refractivity contribution in [3.8, 4) is 5.75 Å². The molecule has 1 atom stereocenters. The number of phenols is 1. The molecule has 2 rings (SSSR count). The summed E-state index contributed by atoms with van der Waals surface area (Å²) in [6.07, 6.45) is 0.472. The van der Waals surface area contributed by atoms with Gasteiger partial charge in [0.15, 0.2) is 0 Å². The number of carbonyl (C=O) groups is 1. The van der Waals surface area contributed by atoms with E-state index in [9.17, 15) is 4.79 Å². The van der Waals surface area contributed by atoms with Crippen LogP contribution in [-0.2, 0) is 9.63 Å². The van der Waals surface area contributed by atoms with Gasteiger partial charge < -0.3 is 15.7 Å². The van der Waals surface area contributed by atoms with Crippen molar-refractivity contribution in [3.63, 3.8) is 0 Å². The van der Waals surface area contributed by atoms with Crippen LogP contribution in [0.3, 0.4) is 0 Å². The van der Waals surface area contributed by atoms with E-state index in [1.54, 1.807) is 24.3 Å². The highest BCUT2D eigenvalue weighted by Crippen LogP contribution is 2.20. The van der Waals surface area contributed by atoms with E-state index < -0.39 is 5.91 Å². The number of amides is 1. The highest BCUT2D eigenvalue weighted by atomic mass is 16.6. The van der Waals surface area contributed by atoms with E-state index >= 15 is 0 Å². The summed E-state index contributed by atoms with van der Waals surface area (Å²) < 4.78 is 0. The second-order valence-electron chi connectivity index (χ2n) is 3.69. The molecule has 1 aliphatic rings. The Morgan fingerprint density at radius 3 is 2.81 bits per heavy atom. The number of phenolic OH excluding ortho intramolecular Hbond substituents is 1. The first-order valence-corrected chi connectivity index (χ1v) is 4.95. The molecule has 1 unspecified atom stereocenters. The Morgan fingerprint density at radius 2 is 2.19 bits per heavy atom. The third-order valence-corrected chi connectivity index (χ3v) is 2.36. The van der Waals surface area contributed by atoms with Gasteiger partial charge in [-0.05, 0) is 29.8 Å². The molecule has 1 aromatic carbocycles. The first-order valence-electron chi connectivity index (χ1n) is 4.95. The minimum absolute atomic E-state index is 0.172. The van der Waals surface area contributed by atoms with Crippen molar-refractivity contribution in [2.24, 2.45) is 10.9 Å². The number of rotatable bonds is 3. The van der Waals surface area contributed by atoms with Gasteiger partial charge in [0.25, 0.3) is 0 Å². The van der Waals surface area contributed by atoms with Crippen LogP contribution < -0.4 is 5.73 Å². The van der Waals surface area contributed by atoms with Crippen LogP contribution in [0.15, 0.2) is 29.4 Å². The van der Waals surface area contributed by atoms with Gasteiger partial charge in [-0.3, -0.25) is 4.79 Å². The number of nitrogens with two attached hydrogens (primary N) is 1. The van der Waals surface area contributed by atoms with E-state index in [0.717, 1.165) is 11.3 Å². The van der Waals surface area contributed by atoms with Crippen LogP contribution >= 0.6 is 0 Å². The molecular weight excluding hydrogens is 208 g/mol. The average molecular weight is 220 g/mol. The maximum Gasteiger partial charge on any atom is 0.221 e. The predicted molar refractivity (Wildman–Crippen MR) is 57.9 cm³/mol. The maximum atomic E-state index is 10.7. The number of aromatic hydroxyl groups is 1. The smallest absolute Gasteiger partial charge is 0.221 e. The molecule has 0 radical (unpaired) electrons. The van der Waals surface area contributed by atoms with Crippen molar-refractivity contribution in [1.82, 2.24) is 0 Å². The molecule has 16 heavy (non-hydrogen) atoms. The Morgan fingerprint density at radius 1 is 1.50 bits per heavy atom.